The van der Waals surface area contributed by atoms with E-state index in [1.54, 1.807) is 25.3 Å². The molecule has 4 aromatic rings. The number of ether oxygens (including phenoxy) is 1. The van der Waals surface area contributed by atoms with Crippen molar-refractivity contribution < 1.29 is 14.3 Å². The first-order valence-corrected chi connectivity index (χ1v) is 11.4. The van der Waals surface area contributed by atoms with Gasteiger partial charge in [-0.1, -0.05) is 29.8 Å². The fourth-order valence-electron chi connectivity index (χ4n) is 3.48. The van der Waals surface area contributed by atoms with Crippen LogP contribution in [0, 0.1) is 6.92 Å². The molecule has 0 radical (unpaired) electrons. The number of methoxy groups -OCH3 is 1. The molecule has 8 heteroatoms. The molecule has 1 aromatic heterocycles. The molecule has 33 heavy (non-hydrogen) atoms. The smallest absolute Gasteiger partial charge is 0.260 e. The van der Waals surface area contributed by atoms with Crippen LogP contribution in [0.25, 0.3) is 10.9 Å². The molecule has 0 saturated heterocycles. The summed E-state index contributed by atoms with van der Waals surface area (Å²) in [6.45, 7) is 1.95. The molecule has 3 aromatic carbocycles. The average molecular weight is 480 g/mol. The van der Waals surface area contributed by atoms with Crippen molar-refractivity contribution >= 4 is 52.5 Å². The second kappa shape index (κ2) is 10.0. The van der Waals surface area contributed by atoms with Gasteiger partial charge in [0.15, 0.2) is 0 Å². The highest BCUT2D eigenvalue weighted by molar-refractivity contribution is 8.00. The van der Waals surface area contributed by atoms with Crippen molar-refractivity contribution in [2.45, 2.75) is 18.4 Å². The van der Waals surface area contributed by atoms with Crippen molar-refractivity contribution in [3.8, 4) is 5.75 Å². The Morgan fingerprint density at radius 1 is 1.15 bits per heavy atom. The molecule has 0 atom stereocenters. The maximum Gasteiger partial charge on any atom is 0.260 e. The molecule has 0 aliphatic carbocycles. The molecule has 6 nitrogen and oxygen atoms in total. The lowest BCUT2D eigenvalue weighted by Gasteiger charge is -2.16. The topological polar surface area (TPSA) is 74.4 Å². The average Bonchev–Trinajstić information content (AvgIpc) is 3.27. The van der Waals surface area contributed by atoms with Crippen molar-refractivity contribution in [2.24, 2.45) is 0 Å². The predicted octanol–water partition coefficient (Wildman–Crippen LogP) is 6.06. The van der Waals surface area contributed by atoms with E-state index in [9.17, 15) is 9.59 Å². The van der Waals surface area contributed by atoms with Crippen LogP contribution in [-0.4, -0.2) is 29.3 Å². The third kappa shape index (κ3) is 4.99. The number of amides is 2. The number of H-pyrrole nitrogens is 1. The minimum atomic E-state index is -0.346. The van der Waals surface area contributed by atoms with Crippen molar-refractivity contribution in [3.05, 3.63) is 88.6 Å². The minimum Gasteiger partial charge on any atom is -0.497 e. The number of hydrogen-bond donors (Lipinski definition) is 2. The van der Waals surface area contributed by atoms with Gasteiger partial charge < -0.3 is 14.4 Å². The van der Waals surface area contributed by atoms with Crippen LogP contribution in [0.2, 0.25) is 5.02 Å². The van der Waals surface area contributed by atoms with Crippen molar-refractivity contribution in [1.82, 2.24) is 9.88 Å². The van der Waals surface area contributed by atoms with Crippen LogP contribution in [0.4, 0.5) is 5.69 Å². The van der Waals surface area contributed by atoms with Crippen LogP contribution in [0.5, 0.6) is 5.75 Å². The molecule has 0 saturated carbocycles. The van der Waals surface area contributed by atoms with Gasteiger partial charge in [0.2, 0.25) is 6.41 Å². The third-order valence-electron chi connectivity index (χ3n) is 5.24. The molecule has 0 fully saturated rings. The van der Waals surface area contributed by atoms with Gasteiger partial charge in [0.05, 0.1) is 29.9 Å². The summed E-state index contributed by atoms with van der Waals surface area (Å²) in [7, 11) is 1.63. The van der Waals surface area contributed by atoms with E-state index in [1.807, 2.05) is 55.5 Å². The summed E-state index contributed by atoms with van der Waals surface area (Å²) >= 11 is 7.87. The number of benzene rings is 3. The zero-order valence-electron chi connectivity index (χ0n) is 18.1. The normalized spacial score (nSPS) is 10.8. The summed E-state index contributed by atoms with van der Waals surface area (Å²) in [6.07, 6.45) is 0.556. The highest BCUT2D eigenvalue weighted by Gasteiger charge is 2.19. The SMILES string of the molecule is COc1ccc(SNc2ccc(Cl)c3[nH]c(CN(C=O)C(=O)c4ccccc4C)cc23)cc1. The van der Waals surface area contributed by atoms with E-state index in [0.29, 0.717) is 22.7 Å². The summed E-state index contributed by atoms with van der Waals surface area (Å²) in [5.41, 5.74) is 3.61. The number of rotatable bonds is 8. The van der Waals surface area contributed by atoms with E-state index in [1.165, 1.54) is 11.9 Å². The lowest BCUT2D eigenvalue weighted by Crippen LogP contribution is -2.29. The lowest BCUT2D eigenvalue weighted by molar-refractivity contribution is -0.116. The molecule has 168 valence electrons. The van der Waals surface area contributed by atoms with E-state index in [2.05, 4.69) is 9.71 Å². The molecule has 0 bridgehead atoms. The Labute approximate surface area is 201 Å². The van der Waals surface area contributed by atoms with Gasteiger partial charge in [0, 0.05) is 21.5 Å². The Morgan fingerprint density at radius 2 is 1.91 bits per heavy atom. The second-order valence-corrected chi connectivity index (χ2v) is 8.70. The molecule has 0 aliphatic rings. The summed E-state index contributed by atoms with van der Waals surface area (Å²) < 4.78 is 8.55. The fourth-order valence-corrected chi connectivity index (χ4v) is 4.37. The summed E-state index contributed by atoms with van der Waals surface area (Å²) in [5, 5.41) is 1.42. The Hall–Kier alpha value is -3.42. The molecule has 1 heterocycles. The van der Waals surface area contributed by atoms with Crippen LogP contribution in [-0.2, 0) is 11.3 Å². The van der Waals surface area contributed by atoms with Gasteiger partial charge in [-0.15, -0.1) is 0 Å². The Balaban J connectivity index is 1.56. The highest BCUT2D eigenvalue weighted by atomic mass is 35.5. The Kier molecular flexibility index (Phi) is 6.91. The Bertz CT molecular complexity index is 1300. The molecule has 2 amide bonds. The first-order chi connectivity index (χ1) is 16.0. The molecule has 0 unspecified atom stereocenters. The number of hydrogen-bond acceptors (Lipinski definition) is 5. The number of anilines is 1. The largest absolute Gasteiger partial charge is 0.497 e. The number of carbonyl (C=O) groups is 2. The van der Waals surface area contributed by atoms with Gasteiger partial charge >= 0.3 is 0 Å². The number of aromatic nitrogens is 1. The standard InChI is InChI=1S/C25H22ClN3O3S/c1-16-5-3-4-6-20(16)25(31)29(15-30)14-17-13-21-23(12-11-22(26)24(21)27-17)28-33-19-9-7-18(32-2)8-10-19/h3-13,15,27-28H,14H2,1-2H3. The number of nitrogens with zero attached hydrogens (tertiary/aromatic N) is 1. The quantitative estimate of drug-likeness (QED) is 0.237. The molecular formula is C25H22ClN3O3S. The highest BCUT2D eigenvalue weighted by Crippen LogP contribution is 2.33. The van der Waals surface area contributed by atoms with E-state index in [-0.39, 0.29) is 12.5 Å². The number of aromatic amines is 1. The van der Waals surface area contributed by atoms with Crippen LogP contribution in [0.1, 0.15) is 21.6 Å². The van der Waals surface area contributed by atoms with Crippen LogP contribution >= 0.6 is 23.5 Å². The first-order valence-electron chi connectivity index (χ1n) is 10.2. The number of aryl methyl sites for hydroxylation is 1. The summed E-state index contributed by atoms with van der Waals surface area (Å²) in [4.78, 5) is 30.0. The number of halogens is 1. The molecule has 4 rings (SSSR count). The molecular weight excluding hydrogens is 458 g/mol. The Morgan fingerprint density at radius 3 is 2.61 bits per heavy atom. The number of fused-ring (bicyclic) bond motifs is 1. The van der Waals surface area contributed by atoms with Crippen molar-refractivity contribution in [1.29, 1.82) is 0 Å². The van der Waals surface area contributed by atoms with Gasteiger partial charge in [-0.3, -0.25) is 14.5 Å². The zero-order chi connectivity index (χ0) is 23.4. The minimum absolute atomic E-state index is 0.104. The van der Waals surface area contributed by atoms with Gasteiger partial charge in [-0.05, 0) is 73.0 Å². The fraction of sp³-hybridized carbons (Fsp3) is 0.120. The van der Waals surface area contributed by atoms with Gasteiger partial charge in [0.25, 0.3) is 5.91 Å². The molecule has 0 aliphatic heterocycles. The monoisotopic (exact) mass is 479 g/mol. The molecule has 2 N–H and O–H groups in total. The van der Waals surface area contributed by atoms with Crippen LogP contribution in [0.15, 0.2) is 71.6 Å². The van der Waals surface area contributed by atoms with Gasteiger partial charge in [0.1, 0.15) is 5.75 Å². The van der Waals surface area contributed by atoms with Crippen molar-refractivity contribution in [2.75, 3.05) is 11.8 Å². The number of nitrogens with one attached hydrogen (secondary N) is 2. The third-order valence-corrected chi connectivity index (χ3v) is 6.39. The maximum absolute atomic E-state index is 12.9. The van der Waals surface area contributed by atoms with Gasteiger partial charge in [-0.25, -0.2) is 0 Å². The summed E-state index contributed by atoms with van der Waals surface area (Å²) in [6, 6.07) is 20.5. The van der Waals surface area contributed by atoms with E-state index in [0.717, 1.165) is 37.7 Å². The number of carbonyl (C=O) groups excluding carboxylic acids is 2. The first kappa shape index (κ1) is 22.8. The predicted molar refractivity (Wildman–Crippen MR) is 133 cm³/mol. The second-order valence-electron chi connectivity index (χ2n) is 7.41. The van der Waals surface area contributed by atoms with E-state index >= 15 is 0 Å². The van der Waals surface area contributed by atoms with E-state index < -0.39 is 0 Å². The maximum atomic E-state index is 12.9. The molecule has 0 spiro atoms. The summed E-state index contributed by atoms with van der Waals surface area (Å²) in [5.74, 6) is 0.449. The lowest BCUT2D eigenvalue weighted by atomic mass is 10.1. The number of imide groups is 1. The van der Waals surface area contributed by atoms with Crippen LogP contribution in [0.3, 0.4) is 0 Å². The van der Waals surface area contributed by atoms with Crippen LogP contribution < -0.4 is 9.46 Å². The van der Waals surface area contributed by atoms with E-state index in [4.69, 9.17) is 16.3 Å². The zero-order valence-corrected chi connectivity index (χ0v) is 19.7. The van der Waals surface area contributed by atoms with Crippen molar-refractivity contribution in [3.63, 3.8) is 0 Å². The van der Waals surface area contributed by atoms with Gasteiger partial charge in [-0.2, -0.15) is 0 Å².